The van der Waals surface area contributed by atoms with Crippen molar-refractivity contribution in [3.63, 3.8) is 0 Å². The molecule has 0 aliphatic rings. The first-order chi connectivity index (χ1) is 8.04. The highest BCUT2D eigenvalue weighted by molar-refractivity contribution is 5.89. The number of esters is 1. The van der Waals surface area contributed by atoms with Gasteiger partial charge in [-0.1, -0.05) is 0 Å². The third kappa shape index (κ3) is 3.57. The van der Waals surface area contributed by atoms with Crippen LogP contribution in [0.2, 0.25) is 0 Å². The number of aryl methyl sites for hydroxylation is 1. The fraction of sp³-hybridized carbons (Fsp3) is 0.273. The molecule has 1 aromatic heterocycles. The second-order valence-electron chi connectivity index (χ2n) is 3.03. The molecule has 6 heteroatoms. The van der Waals surface area contributed by atoms with Crippen LogP contribution in [-0.2, 0) is 9.53 Å². The lowest BCUT2D eigenvalue weighted by molar-refractivity contribution is -0.385. The van der Waals surface area contributed by atoms with Crippen LogP contribution in [0.3, 0.4) is 0 Å². The molecule has 0 saturated carbocycles. The van der Waals surface area contributed by atoms with Gasteiger partial charge in [-0.3, -0.25) is 10.1 Å². The summed E-state index contributed by atoms with van der Waals surface area (Å²) in [4.78, 5) is 24.9. The van der Waals surface area contributed by atoms with Gasteiger partial charge in [-0.25, -0.2) is 9.78 Å². The molecule has 1 rings (SSSR count). The monoisotopic (exact) mass is 234 g/mol. The largest absolute Gasteiger partial charge is 0.456 e. The van der Waals surface area contributed by atoms with Crippen LogP contribution in [0.1, 0.15) is 18.3 Å². The molecule has 0 aliphatic heterocycles. The molecule has 0 spiro atoms. The Morgan fingerprint density at radius 1 is 1.59 bits per heavy atom. The molecular weight excluding hydrogens is 224 g/mol. The predicted octanol–water partition coefficient (Wildman–Crippen LogP) is 1.21. The molecule has 0 aliphatic carbocycles. The highest BCUT2D eigenvalue weighted by atomic mass is 16.6. The smallest absolute Gasteiger partial charge is 0.384 e. The standard InChI is InChI=1S/C11H10N2O4/c1-3-17-11(14)7-5-9-4-6-10(13(15)16)8(2)12-9/h4,6H,3H2,1-2H3. The minimum atomic E-state index is -0.648. The van der Waals surface area contributed by atoms with Crippen molar-refractivity contribution < 1.29 is 14.5 Å². The molecule has 0 bridgehead atoms. The molecule has 0 aromatic carbocycles. The maximum absolute atomic E-state index is 10.9. The first-order valence-corrected chi connectivity index (χ1v) is 4.85. The Morgan fingerprint density at radius 3 is 2.82 bits per heavy atom. The van der Waals surface area contributed by atoms with Gasteiger partial charge in [0, 0.05) is 12.0 Å². The van der Waals surface area contributed by atoms with Crippen molar-refractivity contribution in [1.29, 1.82) is 0 Å². The van der Waals surface area contributed by atoms with Crippen LogP contribution >= 0.6 is 0 Å². The molecule has 17 heavy (non-hydrogen) atoms. The molecule has 1 heterocycles. The molecule has 88 valence electrons. The van der Waals surface area contributed by atoms with Crippen molar-refractivity contribution in [3.05, 3.63) is 33.6 Å². The van der Waals surface area contributed by atoms with Crippen LogP contribution in [0.25, 0.3) is 0 Å². The van der Waals surface area contributed by atoms with Gasteiger partial charge < -0.3 is 4.74 Å². The quantitative estimate of drug-likeness (QED) is 0.332. The molecule has 1 aromatic rings. The van der Waals surface area contributed by atoms with Crippen LogP contribution in [0.15, 0.2) is 12.1 Å². The van der Waals surface area contributed by atoms with Gasteiger partial charge in [0.1, 0.15) is 11.4 Å². The summed E-state index contributed by atoms with van der Waals surface area (Å²) in [6, 6.07) is 2.69. The zero-order valence-electron chi connectivity index (χ0n) is 9.39. The minimum absolute atomic E-state index is 0.0771. The second kappa shape index (κ2) is 5.61. The Bertz CT molecular complexity index is 514. The number of nitrogens with zero attached hydrogens (tertiary/aromatic N) is 2. The van der Waals surface area contributed by atoms with Gasteiger partial charge in [0.15, 0.2) is 0 Å². The number of nitro groups is 1. The van der Waals surface area contributed by atoms with Crippen molar-refractivity contribution in [3.8, 4) is 11.8 Å². The average molecular weight is 234 g/mol. The zero-order chi connectivity index (χ0) is 12.8. The Balaban J connectivity index is 2.91. The van der Waals surface area contributed by atoms with Crippen LogP contribution < -0.4 is 0 Å². The predicted molar refractivity (Wildman–Crippen MR) is 59.1 cm³/mol. The van der Waals surface area contributed by atoms with Crippen molar-refractivity contribution in [2.75, 3.05) is 6.61 Å². The SMILES string of the molecule is CCOC(=O)C#Cc1ccc([N+](=O)[O-])c(C)n1. The van der Waals surface area contributed by atoms with E-state index in [1.165, 1.54) is 19.1 Å². The van der Waals surface area contributed by atoms with Crippen LogP contribution in [-0.4, -0.2) is 22.5 Å². The summed E-state index contributed by atoms with van der Waals surface area (Å²) in [6.07, 6.45) is 0. The van der Waals surface area contributed by atoms with Crippen molar-refractivity contribution >= 4 is 11.7 Å². The number of ether oxygens (including phenoxy) is 1. The summed E-state index contributed by atoms with van der Waals surface area (Å²) in [5, 5.41) is 10.5. The van der Waals surface area contributed by atoms with Gasteiger partial charge in [-0.2, -0.15) is 0 Å². The number of aromatic nitrogens is 1. The van der Waals surface area contributed by atoms with Gasteiger partial charge in [0.25, 0.3) is 5.69 Å². The van der Waals surface area contributed by atoms with Gasteiger partial charge in [-0.15, -0.1) is 0 Å². The fourth-order valence-electron chi connectivity index (χ4n) is 1.10. The lowest BCUT2D eigenvalue weighted by Crippen LogP contribution is -2.00. The Hall–Kier alpha value is -2.42. The topological polar surface area (TPSA) is 82.3 Å². The third-order valence-electron chi connectivity index (χ3n) is 1.82. The van der Waals surface area contributed by atoms with Gasteiger partial charge in [-0.05, 0) is 25.8 Å². The number of rotatable bonds is 2. The Labute approximate surface area is 97.8 Å². The van der Waals surface area contributed by atoms with E-state index in [0.717, 1.165) is 0 Å². The summed E-state index contributed by atoms with van der Waals surface area (Å²) in [6.45, 7) is 3.43. The van der Waals surface area contributed by atoms with Crippen molar-refractivity contribution in [2.24, 2.45) is 0 Å². The maximum atomic E-state index is 10.9. The number of carbonyl (C=O) groups is 1. The van der Waals surface area contributed by atoms with E-state index in [-0.39, 0.29) is 18.0 Å². The van der Waals surface area contributed by atoms with Crippen LogP contribution in [0, 0.1) is 28.9 Å². The summed E-state index contributed by atoms with van der Waals surface area (Å²) < 4.78 is 4.61. The summed E-state index contributed by atoms with van der Waals surface area (Å²) >= 11 is 0. The number of carbonyl (C=O) groups excluding carboxylic acids is 1. The molecule has 0 radical (unpaired) electrons. The molecular formula is C11H10N2O4. The first-order valence-electron chi connectivity index (χ1n) is 4.85. The maximum Gasteiger partial charge on any atom is 0.384 e. The molecule has 0 unspecified atom stereocenters. The van der Waals surface area contributed by atoms with Crippen molar-refractivity contribution in [1.82, 2.24) is 4.98 Å². The number of pyridine rings is 1. The highest BCUT2D eigenvalue weighted by Crippen LogP contribution is 2.14. The van der Waals surface area contributed by atoms with E-state index in [2.05, 4.69) is 21.6 Å². The van der Waals surface area contributed by atoms with Gasteiger partial charge >= 0.3 is 5.97 Å². The summed E-state index contributed by atoms with van der Waals surface area (Å²) in [5.41, 5.74) is 0.471. The molecule has 6 nitrogen and oxygen atoms in total. The highest BCUT2D eigenvalue weighted by Gasteiger charge is 2.10. The summed E-state index contributed by atoms with van der Waals surface area (Å²) in [5.74, 6) is 4.06. The first kappa shape index (κ1) is 12.6. The minimum Gasteiger partial charge on any atom is -0.456 e. The second-order valence-corrected chi connectivity index (χ2v) is 3.03. The van der Waals surface area contributed by atoms with Crippen LogP contribution in [0.5, 0.6) is 0 Å². The van der Waals surface area contributed by atoms with E-state index in [1.807, 2.05) is 0 Å². The Morgan fingerprint density at radius 2 is 2.29 bits per heavy atom. The normalized spacial score (nSPS) is 9.06. The molecule has 0 saturated heterocycles. The fourth-order valence-corrected chi connectivity index (χ4v) is 1.10. The molecule has 0 N–H and O–H groups in total. The van der Waals surface area contributed by atoms with E-state index in [0.29, 0.717) is 5.69 Å². The lowest BCUT2D eigenvalue weighted by Gasteiger charge is -1.96. The molecule has 0 fully saturated rings. The Kier molecular flexibility index (Phi) is 4.17. The van der Waals surface area contributed by atoms with Gasteiger partial charge in [0.2, 0.25) is 0 Å². The van der Waals surface area contributed by atoms with E-state index >= 15 is 0 Å². The summed E-state index contributed by atoms with van der Waals surface area (Å²) in [7, 11) is 0. The number of hydrogen-bond acceptors (Lipinski definition) is 5. The molecule has 0 atom stereocenters. The van der Waals surface area contributed by atoms with E-state index < -0.39 is 10.9 Å². The lowest BCUT2D eigenvalue weighted by atomic mass is 10.2. The zero-order valence-corrected chi connectivity index (χ0v) is 9.39. The van der Waals surface area contributed by atoms with E-state index in [1.54, 1.807) is 6.92 Å². The van der Waals surface area contributed by atoms with E-state index in [9.17, 15) is 14.9 Å². The molecule has 0 amide bonds. The van der Waals surface area contributed by atoms with E-state index in [4.69, 9.17) is 0 Å². The van der Waals surface area contributed by atoms with Gasteiger partial charge in [0.05, 0.1) is 11.5 Å². The average Bonchev–Trinajstić information content (AvgIpc) is 2.26. The van der Waals surface area contributed by atoms with Crippen LogP contribution in [0.4, 0.5) is 5.69 Å². The third-order valence-corrected chi connectivity index (χ3v) is 1.82. The van der Waals surface area contributed by atoms with Crippen molar-refractivity contribution in [2.45, 2.75) is 13.8 Å². The number of hydrogen-bond donors (Lipinski definition) is 0.